The normalized spacial score (nSPS) is 13.7. The molecule has 1 fully saturated rings. The molecule has 1 aromatic carbocycles. The Morgan fingerprint density at radius 3 is 2.74 bits per heavy atom. The van der Waals surface area contributed by atoms with Crippen LogP contribution in [0, 0.1) is 13.8 Å². The third kappa shape index (κ3) is 4.03. The summed E-state index contributed by atoms with van der Waals surface area (Å²) < 4.78 is 4.84. The molecule has 0 bridgehead atoms. The van der Waals surface area contributed by atoms with Crippen LogP contribution in [0.4, 0.5) is 5.00 Å². The first-order valence-electron chi connectivity index (χ1n) is 8.77. The second-order valence-electron chi connectivity index (χ2n) is 6.55. The molecule has 1 aromatic heterocycles. The average Bonchev–Trinajstić information content (AvgIpc) is 3.17. The average molecular weight is 386 g/mol. The number of nitrogens with one attached hydrogen (secondary N) is 1. The van der Waals surface area contributed by atoms with Crippen molar-refractivity contribution in [1.29, 1.82) is 0 Å². The number of esters is 1. The standard InChI is InChI=1S/C20H22N2O4S/c1-12-13(2)27-19(17(12)20(25)26-3)21-18(24)15-7-4-6-14(10-15)11-22-9-5-8-16(22)23/h4,6-7,10H,5,8-9,11H2,1-3H3,(H,21,24). The van der Waals surface area contributed by atoms with E-state index in [1.165, 1.54) is 18.4 Å². The number of methoxy groups -OCH3 is 1. The third-order valence-corrected chi connectivity index (χ3v) is 5.86. The third-order valence-electron chi connectivity index (χ3n) is 4.74. The molecule has 7 heteroatoms. The minimum Gasteiger partial charge on any atom is -0.465 e. The summed E-state index contributed by atoms with van der Waals surface area (Å²) in [6.45, 7) is 4.99. The minimum absolute atomic E-state index is 0.150. The van der Waals surface area contributed by atoms with Gasteiger partial charge < -0.3 is 15.0 Å². The van der Waals surface area contributed by atoms with E-state index in [9.17, 15) is 14.4 Å². The number of amides is 2. The topological polar surface area (TPSA) is 75.7 Å². The molecule has 1 aliphatic heterocycles. The number of hydrogen-bond donors (Lipinski definition) is 1. The van der Waals surface area contributed by atoms with E-state index in [4.69, 9.17) is 4.74 Å². The highest BCUT2D eigenvalue weighted by Gasteiger charge is 2.23. The number of ether oxygens (including phenoxy) is 1. The highest BCUT2D eigenvalue weighted by Crippen LogP contribution is 2.33. The number of nitrogens with zero attached hydrogens (tertiary/aromatic N) is 1. The fourth-order valence-electron chi connectivity index (χ4n) is 3.14. The summed E-state index contributed by atoms with van der Waals surface area (Å²) >= 11 is 1.35. The first-order chi connectivity index (χ1) is 12.9. The van der Waals surface area contributed by atoms with Crippen LogP contribution in [0.1, 0.15) is 49.6 Å². The van der Waals surface area contributed by atoms with E-state index >= 15 is 0 Å². The lowest BCUT2D eigenvalue weighted by Gasteiger charge is -2.16. The number of anilines is 1. The van der Waals surface area contributed by atoms with Gasteiger partial charge in [-0.05, 0) is 43.5 Å². The van der Waals surface area contributed by atoms with Gasteiger partial charge in [0.05, 0.1) is 12.7 Å². The van der Waals surface area contributed by atoms with E-state index in [-0.39, 0.29) is 11.8 Å². The smallest absolute Gasteiger partial charge is 0.341 e. The maximum absolute atomic E-state index is 12.7. The van der Waals surface area contributed by atoms with Crippen molar-refractivity contribution in [2.45, 2.75) is 33.2 Å². The lowest BCUT2D eigenvalue weighted by molar-refractivity contribution is -0.128. The fraction of sp³-hybridized carbons (Fsp3) is 0.350. The van der Waals surface area contributed by atoms with E-state index in [0.29, 0.717) is 29.1 Å². The van der Waals surface area contributed by atoms with Crippen molar-refractivity contribution in [2.75, 3.05) is 19.0 Å². The van der Waals surface area contributed by atoms with Crippen molar-refractivity contribution < 1.29 is 19.1 Å². The molecule has 2 amide bonds. The van der Waals surface area contributed by atoms with Crippen LogP contribution >= 0.6 is 11.3 Å². The van der Waals surface area contributed by atoms with Gasteiger partial charge in [0, 0.05) is 30.0 Å². The molecule has 0 aliphatic carbocycles. The van der Waals surface area contributed by atoms with Gasteiger partial charge in [0.15, 0.2) is 0 Å². The quantitative estimate of drug-likeness (QED) is 0.798. The second-order valence-corrected chi connectivity index (χ2v) is 7.78. The molecule has 0 saturated carbocycles. The van der Waals surface area contributed by atoms with Crippen LogP contribution in [0.2, 0.25) is 0 Å². The molecule has 27 heavy (non-hydrogen) atoms. The number of benzene rings is 1. The Hall–Kier alpha value is -2.67. The van der Waals surface area contributed by atoms with Gasteiger partial charge in [0.1, 0.15) is 5.00 Å². The number of aryl methyl sites for hydroxylation is 1. The maximum Gasteiger partial charge on any atom is 0.341 e. The molecular weight excluding hydrogens is 364 g/mol. The van der Waals surface area contributed by atoms with Crippen LogP contribution in [0.5, 0.6) is 0 Å². The Morgan fingerprint density at radius 1 is 1.30 bits per heavy atom. The van der Waals surface area contributed by atoms with Gasteiger partial charge in [0.2, 0.25) is 5.91 Å². The van der Waals surface area contributed by atoms with E-state index < -0.39 is 5.97 Å². The van der Waals surface area contributed by atoms with Crippen LogP contribution in [-0.4, -0.2) is 36.3 Å². The van der Waals surface area contributed by atoms with Crippen molar-refractivity contribution in [2.24, 2.45) is 0 Å². The summed E-state index contributed by atoms with van der Waals surface area (Å²) in [5.74, 6) is -0.610. The molecule has 6 nitrogen and oxygen atoms in total. The Labute approximate surface area is 162 Å². The SMILES string of the molecule is COC(=O)c1c(NC(=O)c2cccc(CN3CCCC3=O)c2)sc(C)c1C. The second kappa shape index (κ2) is 7.92. The summed E-state index contributed by atoms with van der Waals surface area (Å²) in [4.78, 5) is 39.3. The van der Waals surface area contributed by atoms with Crippen LogP contribution in [0.15, 0.2) is 24.3 Å². The summed E-state index contributed by atoms with van der Waals surface area (Å²) in [6.07, 6.45) is 1.47. The molecule has 1 N–H and O–H groups in total. The van der Waals surface area contributed by atoms with E-state index in [1.54, 1.807) is 23.1 Å². The molecular formula is C20H22N2O4S. The van der Waals surface area contributed by atoms with Gasteiger partial charge in [-0.15, -0.1) is 11.3 Å². The first-order valence-corrected chi connectivity index (χ1v) is 9.58. The molecule has 142 valence electrons. The largest absolute Gasteiger partial charge is 0.465 e. The van der Waals surface area contributed by atoms with E-state index in [2.05, 4.69) is 5.32 Å². The first kappa shape index (κ1) is 19.1. The summed E-state index contributed by atoms with van der Waals surface area (Å²) in [6, 6.07) is 7.21. The fourth-order valence-corrected chi connectivity index (χ4v) is 4.18. The van der Waals surface area contributed by atoms with Gasteiger partial charge in [-0.1, -0.05) is 12.1 Å². The number of hydrogen-bond acceptors (Lipinski definition) is 5. The number of rotatable bonds is 5. The summed E-state index contributed by atoms with van der Waals surface area (Å²) in [5.41, 5.74) is 2.60. The molecule has 0 atom stereocenters. The summed E-state index contributed by atoms with van der Waals surface area (Å²) in [5, 5.41) is 3.32. The van der Waals surface area contributed by atoms with Gasteiger partial charge in [-0.2, -0.15) is 0 Å². The highest BCUT2D eigenvalue weighted by atomic mass is 32.1. The molecule has 0 spiro atoms. The summed E-state index contributed by atoms with van der Waals surface area (Å²) in [7, 11) is 1.32. The number of thiophene rings is 1. The van der Waals surface area contributed by atoms with E-state index in [0.717, 1.165) is 29.0 Å². The van der Waals surface area contributed by atoms with Crippen molar-refractivity contribution in [3.63, 3.8) is 0 Å². The van der Waals surface area contributed by atoms with Crippen LogP contribution in [-0.2, 0) is 16.1 Å². The molecule has 3 rings (SSSR count). The van der Waals surface area contributed by atoms with Crippen molar-refractivity contribution in [3.8, 4) is 0 Å². The maximum atomic E-state index is 12.7. The van der Waals surface area contributed by atoms with Crippen molar-refractivity contribution in [1.82, 2.24) is 4.90 Å². The van der Waals surface area contributed by atoms with Crippen molar-refractivity contribution in [3.05, 3.63) is 51.4 Å². The predicted octanol–water partition coefficient (Wildman–Crippen LogP) is 3.53. The zero-order valence-electron chi connectivity index (χ0n) is 15.6. The predicted molar refractivity (Wildman–Crippen MR) is 104 cm³/mol. The van der Waals surface area contributed by atoms with Crippen LogP contribution < -0.4 is 5.32 Å². The molecule has 1 aliphatic rings. The number of carbonyl (C=O) groups is 3. The molecule has 0 unspecified atom stereocenters. The molecule has 2 heterocycles. The molecule has 2 aromatic rings. The van der Waals surface area contributed by atoms with E-state index in [1.807, 2.05) is 19.9 Å². The van der Waals surface area contributed by atoms with Crippen LogP contribution in [0.3, 0.4) is 0 Å². The Morgan fingerprint density at radius 2 is 2.07 bits per heavy atom. The van der Waals surface area contributed by atoms with Crippen molar-refractivity contribution >= 4 is 34.1 Å². The Balaban J connectivity index is 1.79. The molecule has 0 radical (unpaired) electrons. The van der Waals surface area contributed by atoms with Crippen LogP contribution in [0.25, 0.3) is 0 Å². The number of likely N-dealkylation sites (tertiary alicyclic amines) is 1. The highest BCUT2D eigenvalue weighted by molar-refractivity contribution is 7.16. The molecule has 1 saturated heterocycles. The number of carbonyl (C=O) groups excluding carboxylic acids is 3. The minimum atomic E-state index is -0.464. The lowest BCUT2D eigenvalue weighted by Crippen LogP contribution is -2.24. The Kier molecular flexibility index (Phi) is 5.60. The zero-order valence-corrected chi connectivity index (χ0v) is 16.4. The van der Waals surface area contributed by atoms with Gasteiger partial charge >= 0.3 is 5.97 Å². The lowest BCUT2D eigenvalue weighted by atomic mass is 10.1. The van der Waals surface area contributed by atoms with Gasteiger partial charge in [-0.3, -0.25) is 9.59 Å². The van der Waals surface area contributed by atoms with Gasteiger partial charge in [-0.25, -0.2) is 4.79 Å². The van der Waals surface area contributed by atoms with Gasteiger partial charge in [0.25, 0.3) is 5.91 Å². The zero-order chi connectivity index (χ0) is 19.6. The Bertz CT molecular complexity index is 903. The monoisotopic (exact) mass is 386 g/mol.